The minimum absolute atomic E-state index is 0.0794. The Balaban J connectivity index is 1.34. The van der Waals surface area contributed by atoms with E-state index in [4.69, 9.17) is 4.74 Å². The van der Waals surface area contributed by atoms with E-state index in [-0.39, 0.29) is 29.3 Å². The van der Waals surface area contributed by atoms with Crippen LogP contribution in [-0.2, 0) is 9.59 Å². The summed E-state index contributed by atoms with van der Waals surface area (Å²) in [6.07, 6.45) is 2.32. The summed E-state index contributed by atoms with van der Waals surface area (Å²) in [5, 5.41) is 12.0. The van der Waals surface area contributed by atoms with E-state index in [1.54, 1.807) is 19.2 Å². The normalized spacial score (nSPS) is 24.5. The molecule has 0 spiro atoms. The molecule has 1 saturated carbocycles. The Morgan fingerprint density at radius 2 is 1.51 bits per heavy atom. The van der Waals surface area contributed by atoms with Gasteiger partial charge in [0.2, 0.25) is 11.8 Å². The van der Waals surface area contributed by atoms with Crippen molar-refractivity contribution >= 4 is 34.6 Å². The van der Waals surface area contributed by atoms with Gasteiger partial charge in [-0.1, -0.05) is 6.92 Å². The molecule has 0 bridgehead atoms. The van der Waals surface area contributed by atoms with Gasteiger partial charge in [-0.05, 0) is 61.6 Å². The van der Waals surface area contributed by atoms with Crippen molar-refractivity contribution in [3.8, 4) is 5.75 Å². The van der Waals surface area contributed by atoms with E-state index >= 15 is 0 Å². The third-order valence-electron chi connectivity index (χ3n) is 7.66. The molecule has 184 valence electrons. The number of carbonyl (C=O) groups is 2. The van der Waals surface area contributed by atoms with Gasteiger partial charge in [0.05, 0.1) is 29.6 Å². The predicted octanol–water partition coefficient (Wildman–Crippen LogP) is 3.86. The molecule has 3 aliphatic rings. The number of benzene rings is 2. The van der Waals surface area contributed by atoms with Crippen LogP contribution in [0, 0.1) is 27.9 Å². The number of hydrogen-bond acceptors (Lipinski definition) is 7. The fourth-order valence-electron chi connectivity index (χ4n) is 5.71. The summed E-state index contributed by atoms with van der Waals surface area (Å²) in [7, 11) is 1.63. The number of piperazine rings is 1. The zero-order valence-corrected chi connectivity index (χ0v) is 20.1. The summed E-state index contributed by atoms with van der Waals surface area (Å²) in [6, 6.07) is 12.6. The third-order valence-corrected chi connectivity index (χ3v) is 7.66. The van der Waals surface area contributed by atoms with E-state index in [9.17, 15) is 19.7 Å². The van der Waals surface area contributed by atoms with Crippen LogP contribution in [-0.4, -0.2) is 50.0 Å². The monoisotopic (exact) mass is 478 g/mol. The van der Waals surface area contributed by atoms with Gasteiger partial charge in [0.25, 0.3) is 5.69 Å². The molecular formula is C26H30N4O5. The summed E-state index contributed by atoms with van der Waals surface area (Å²) < 4.78 is 5.22. The van der Waals surface area contributed by atoms with E-state index in [1.165, 1.54) is 11.0 Å². The highest BCUT2D eigenvalue weighted by Crippen LogP contribution is 2.43. The largest absolute Gasteiger partial charge is 0.497 e. The predicted molar refractivity (Wildman–Crippen MR) is 133 cm³/mol. The number of imide groups is 1. The lowest BCUT2D eigenvalue weighted by Gasteiger charge is -2.37. The van der Waals surface area contributed by atoms with Crippen molar-refractivity contribution in [2.24, 2.45) is 17.8 Å². The van der Waals surface area contributed by atoms with Crippen LogP contribution in [0.4, 0.5) is 22.7 Å². The van der Waals surface area contributed by atoms with Gasteiger partial charge < -0.3 is 14.5 Å². The molecule has 3 atom stereocenters. The fraction of sp³-hybridized carbons (Fsp3) is 0.462. The van der Waals surface area contributed by atoms with E-state index in [0.717, 1.165) is 30.9 Å². The van der Waals surface area contributed by atoms with E-state index in [0.29, 0.717) is 43.2 Å². The third kappa shape index (κ3) is 4.19. The van der Waals surface area contributed by atoms with Gasteiger partial charge in [-0.2, -0.15) is 0 Å². The minimum Gasteiger partial charge on any atom is -0.497 e. The van der Waals surface area contributed by atoms with Crippen molar-refractivity contribution in [1.82, 2.24) is 0 Å². The fourth-order valence-corrected chi connectivity index (χ4v) is 5.71. The van der Waals surface area contributed by atoms with Crippen LogP contribution in [0.5, 0.6) is 5.75 Å². The Morgan fingerprint density at radius 3 is 2.17 bits per heavy atom. The summed E-state index contributed by atoms with van der Waals surface area (Å²) >= 11 is 0. The molecule has 0 N–H and O–H groups in total. The van der Waals surface area contributed by atoms with Gasteiger partial charge in [-0.15, -0.1) is 0 Å². The second-order valence-electron chi connectivity index (χ2n) is 9.75. The summed E-state index contributed by atoms with van der Waals surface area (Å²) in [4.78, 5) is 43.1. The number of rotatable bonds is 5. The van der Waals surface area contributed by atoms with Gasteiger partial charge in [0.1, 0.15) is 11.4 Å². The zero-order chi connectivity index (χ0) is 24.7. The number of anilines is 3. The first-order valence-corrected chi connectivity index (χ1v) is 12.2. The van der Waals surface area contributed by atoms with Crippen molar-refractivity contribution < 1.29 is 19.2 Å². The molecule has 2 amide bonds. The van der Waals surface area contributed by atoms with Crippen LogP contribution in [0.1, 0.15) is 26.2 Å². The van der Waals surface area contributed by atoms with Gasteiger partial charge >= 0.3 is 0 Å². The van der Waals surface area contributed by atoms with Crippen molar-refractivity contribution in [2.45, 2.75) is 26.2 Å². The molecule has 0 aromatic heterocycles. The average molecular weight is 479 g/mol. The summed E-state index contributed by atoms with van der Waals surface area (Å²) in [5.41, 5.74) is 1.81. The number of methoxy groups -OCH3 is 1. The SMILES string of the molecule is COc1ccc(N2CCN(c3ccc(N4C(=O)[C@H]5C[C@H](C)CC[C@H]5C4=O)cc3[N+](=O)[O-])CC2)cc1. The Kier molecular flexibility index (Phi) is 6.08. The standard InChI is InChI=1S/C26H30N4O5/c1-17-3-9-21-22(15-17)26(32)29(25(21)31)19-6-10-23(24(16-19)30(33)34)28-13-11-27(12-14-28)18-4-7-20(35-2)8-5-18/h4-8,10,16-17,21-22H,3,9,11-15H2,1-2H3/t17-,21-,22+/m1/s1. The van der Waals surface area contributed by atoms with Crippen LogP contribution in [0.25, 0.3) is 0 Å². The molecule has 0 radical (unpaired) electrons. The van der Waals surface area contributed by atoms with Crippen LogP contribution < -0.4 is 19.4 Å². The lowest BCUT2D eigenvalue weighted by molar-refractivity contribution is -0.384. The van der Waals surface area contributed by atoms with Crippen LogP contribution in [0.15, 0.2) is 42.5 Å². The highest BCUT2D eigenvalue weighted by atomic mass is 16.6. The number of nitro groups is 1. The number of amides is 2. The van der Waals surface area contributed by atoms with Crippen molar-refractivity contribution in [3.63, 3.8) is 0 Å². The second kappa shape index (κ2) is 9.20. The van der Waals surface area contributed by atoms with Crippen molar-refractivity contribution in [2.75, 3.05) is 48.0 Å². The molecule has 9 heteroatoms. The molecule has 2 heterocycles. The molecule has 2 aromatic rings. The highest BCUT2D eigenvalue weighted by Gasteiger charge is 2.50. The number of fused-ring (bicyclic) bond motifs is 1. The molecule has 9 nitrogen and oxygen atoms in total. The molecule has 3 fully saturated rings. The Morgan fingerprint density at radius 1 is 0.886 bits per heavy atom. The molecule has 5 rings (SSSR count). The Labute approximate surface area is 204 Å². The van der Waals surface area contributed by atoms with E-state index in [2.05, 4.69) is 11.8 Å². The smallest absolute Gasteiger partial charge is 0.294 e. The van der Waals surface area contributed by atoms with Crippen molar-refractivity contribution in [3.05, 3.63) is 52.6 Å². The van der Waals surface area contributed by atoms with Crippen LogP contribution in [0.2, 0.25) is 0 Å². The molecule has 2 saturated heterocycles. The van der Waals surface area contributed by atoms with E-state index in [1.807, 2.05) is 29.2 Å². The molecule has 2 aromatic carbocycles. The topological polar surface area (TPSA) is 96.2 Å². The maximum Gasteiger partial charge on any atom is 0.294 e. The highest BCUT2D eigenvalue weighted by molar-refractivity contribution is 6.22. The zero-order valence-electron chi connectivity index (χ0n) is 20.1. The Bertz CT molecular complexity index is 1140. The summed E-state index contributed by atoms with van der Waals surface area (Å²) in [6.45, 7) is 4.78. The molecule has 35 heavy (non-hydrogen) atoms. The van der Waals surface area contributed by atoms with Crippen LogP contribution >= 0.6 is 0 Å². The van der Waals surface area contributed by atoms with Crippen LogP contribution in [0.3, 0.4) is 0 Å². The van der Waals surface area contributed by atoms with Gasteiger partial charge in [0, 0.05) is 37.9 Å². The second-order valence-corrected chi connectivity index (χ2v) is 9.75. The lowest BCUT2D eigenvalue weighted by Crippen LogP contribution is -2.46. The molecule has 0 unspecified atom stereocenters. The van der Waals surface area contributed by atoms with Gasteiger partial charge in [-0.3, -0.25) is 19.7 Å². The number of nitro benzene ring substituents is 1. The lowest BCUT2D eigenvalue weighted by atomic mass is 9.76. The number of nitrogens with zero attached hydrogens (tertiary/aromatic N) is 4. The molecule has 2 aliphatic heterocycles. The Hall–Kier alpha value is -3.62. The first-order chi connectivity index (χ1) is 16.9. The maximum absolute atomic E-state index is 13.1. The maximum atomic E-state index is 13.1. The number of ether oxygens (including phenoxy) is 1. The first-order valence-electron chi connectivity index (χ1n) is 12.2. The number of hydrogen-bond donors (Lipinski definition) is 0. The first kappa shape index (κ1) is 23.1. The van der Waals surface area contributed by atoms with Gasteiger partial charge in [0.15, 0.2) is 0 Å². The summed E-state index contributed by atoms with van der Waals surface area (Å²) in [5.74, 6) is 0.149. The average Bonchev–Trinajstić information content (AvgIpc) is 3.12. The minimum atomic E-state index is -0.422. The van der Waals surface area contributed by atoms with Crippen molar-refractivity contribution in [1.29, 1.82) is 0 Å². The van der Waals surface area contributed by atoms with E-state index < -0.39 is 4.92 Å². The van der Waals surface area contributed by atoms with Gasteiger partial charge in [-0.25, -0.2) is 4.90 Å². The quantitative estimate of drug-likeness (QED) is 0.366. The molecular weight excluding hydrogens is 448 g/mol. The number of carbonyl (C=O) groups excluding carboxylic acids is 2. The molecule has 1 aliphatic carbocycles.